The van der Waals surface area contributed by atoms with E-state index >= 15 is 0 Å². The fourth-order valence-corrected chi connectivity index (χ4v) is 3.47. The van der Waals surface area contributed by atoms with Crippen molar-refractivity contribution in [2.24, 2.45) is 0 Å². The second-order valence-corrected chi connectivity index (χ2v) is 7.08. The van der Waals surface area contributed by atoms with Crippen molar-refractivity contribution in [3.05, 3.63) is 65.3 Å². The Hall–Kier alpha value is -2.52. The lowest BCUT2D eigenvalue weighted by molar-refractivity contribution is 0.710. The standard InChI is InChI=1S/C22H22ClN3/c1-2-3-4-7-18-17(15-10-12-16(23)13-11-15)14-21(24-18)22-25-19-8-5-6-9-20(19)26-22/h5-6,8-14,24H,2-4,7H2,1H3,(H,25,26). The third-order valence-corrected chi connectivity index (χ3v) is 4.98. The molecule has 3 nitrogen and oxygen atoms in total. The lowest BCUT2D eigenvalue weighted by atomic mass is 10.0. The van der Waals surface area contributed by atoms with E-state index in [0.29, 0.717) is 0 Å². The summed E-state index contributed by atoms with van der Waals surface area (Å²) < 4.78 is 0. The van der Waals surface area contributed by atoms with Gasteiger partial charge in [-0.1, -0.05) is 55.6 Å². The van der Waals surface area contributed by atoms with Gasteiger partial charge in [-0.2, -0.15) is 0 Å². The van der Waals surface area contributed by atoms with Crippen LogP contribution in [-0.4, -0.2) is 15.0 Å². The zero-order chi connectivity index (χ0) is 17.9. The van der Waals surface area contributed by atoms with Crippen molar-refractivity contribution in [3.8, 4) is 22.6 Å². The quantitative estimate of drug-likeness (QED) is 0.372. The van der Waals surface area contributed by atoms with Crippen LogP contribution in [0, 0.1) is 0 Å². The number of rotatable bonds is 6. The number of nitrogens with zero attached hydrogens (tertiary/aromatic N) is 1. The van der Waals surface area contributed by atoms with Gasteiger partial charge in [-0.05, 0) is 48.7 Å². The highest BCUT2D eigenvalue weighted by atomic mass is 35.5. The molecule has 4 rings (SSSR count). The molecular weight excluding hydrogens is 342 g/mol. The normalized spacial score (nSPS) is 11.3. The Morgan fingerprint density at radius 3 is 2.54 bits per heavy atom. The molecule has 0 spiro atoms. The first-order valence-electron chi connectivity index (χ1n) is 9.17. The van der Waals surface area contributed by atoms with Gasteiger partial charge in [0.05, 0.1) is 16.7 Å². The minimum Gasteiger partial charge on any atom is -0.355 e. The van der Waals surface area contributed by atoms with E-state index in [1.165, 1.54) is 36.1 Å². The maximum atomic E-state index is 6.06. The Bertz CT molecular complexity index is 978. The summed E-state index contributed by atoms with van der Waals surface area (Å²) in [5.41, 5.74) is 6.73. The summed E-state index contributed by atoms with van der Waals surface area (Å²) in [5.74, 6) is 0.878. The number of imidazole rings is 1. The van der Waals surface area contributed by atoms with Crippen LogP contribution in [0.1, 0.15) is 31.9 Å². The molecule has 4 aromatic rings. The van der Waals surface area contributed by atoms with E-state index in [-0.39, 0.29) is 0 Å². The molecule has 2 heterocycles. The second-order valence-electron chi connectivity index (χ2n) is 6.64. The predicted molar refractivity (Wildman–Crippen MR) is 110 cm³/mol. The number of aromatic amines is 2. The van der Waals surface area contributed by atoms with E-state index < -0.39 is 0 Å². The monoisotopic (exact) mass is 363 g/mol. The number of benzene rings is 2. The van der Waals surface area contributed by atoms with E-state index in [0.717, 1.165) is 34.0 Å². The third kappa shape index (κ3) is 3.40. The van der Waals surface area contributed by atoms with Gasteiger partial charge >= 0.3 is 0 Å². The molecule has 0 aliphatic rings. The topological polar surface area (TPSA) is 44.5 Å². The van der Waals surface area contributed by atoms with Crippen molar-refractivity contribution in [1.29, 1.82) is 0 Å². The molecule has 4 heteroatoms. The largest absolute Gasteiger partial charge is 0.355 e. The molecule has 0 atom stereocenters. The Morgan fingerprint density at radius 2 is 1.77 bits per heavy atom. The van der Waals surface area contributed by atoms with Gasteiger partial charge in [0.1, 0.15) is 0 Å². The zero-order valence-electron chi connectivity index (χ0n) is 14.8. The number of aryl methyl sites for hydroxylation is 1. The maximum absolute atomic E-state index is 6.06. The Labute approximate surface area is 158 Å². The van der Waals surface area contributed by atoms with Gasteiger partial charge in [-0.3, -0.25) is 0 Å². The molecule has 2 N–H and O–H groups in total. The average molecular weight is 364 g/mol. The lowest BCUT2D eigenvalue weighted by Gasteiger charge is -2.04. The van der Waals surface area contributed by atoms with Crippen LogP contribution in [-0.2, 0) is 6.42 Å². The SMILES string of the molecule is CCCCCc1[nH]c(-c2nc3ccccc3[nH]2)cc1-c1ccc(Cl)cc1. The number of hydrogen-bond acceptors (Lipinski definition) is 1. The van der Waals surface area contributed by atoms with E-state index in [9.17, 15) is 0 Å². The number of para-hydroxylation sites is 2. The van der Waals surface area contributed by atoms with Crippen LogP contribution in [0.15, 0.2) is 54.6 Å². The molecule has 0 radical (unpaired) electrons. The number of H-pyrrole nitrogens is 2. The van der Waals surface area contributed by atoms with Gasteiger partial charge in [-0.15, -0.1) is 0 Å². The van der Waals surface area contributed by atoms with E-state index in [4.69, 9.17) is 16.6 Å². The fourth-order valence-electron chi connectivity index (χ4n) is 3.34. The molecule has 0 aliphatic carbocycles. The molecule has 2 aromatic carbocycles. The van der Waals surface area contributed by atoms with Gasteiger partial charge in [0.25, 0.3) is 0 Å². The van der Waals surface area contributed by atoms with Gasteiger partial charge < -0.3 is 9.97 Å². The molecule has 0 unspecified atom stereocenters. The van der Waals surface area contributed by atoms with Crippen molar-refractivity contribution in [2.75, 3.05) is 0 Å². The van der Waals surface area contributed by atoms with Crippen LogP contribution in [0.5, 0.6) is 0 Å². The highest BCUT2D eigenvalue weighted by Gasteiger charge is 2.14. The second kappa shape index (κ2) is 7.38. The lowest BCUT2D eigenvalue weighted by Crippen LogP contribution is -1.89. The number of fused-ring (bicyclic) bond motifs is 1. The number of unbranched alkanes of at least 4 members (excludes halogenated alkanes) is 2. The highest BCUT2D eigenvalue weighted by Crippen LogP contribution is 2.31. The molecule has 0 saturated heterocycles. The first-order valence-corrected chi connectivity index (χ1v) is 9.55. The number of hydrogen-bond donors (Lipinski definition) is 2. The molecular formula is C22H22ClN3. The van der Waals surface area contributed by atoms with E-state index in [1.807, 2.05) is 30.3 Å². The summed E-state index contributed by atoms with van der Waals surface area (Å²) in [6.45, 7) is 2.23. The van der Waals surface area contributed by atoms with Gasteiger partial charge in [-0.25, -0.2) is 4.98 Å². The van der Waals surface area contributed by atoms with Crippen LogP contribution in [0.3, 0.4) is 0 Å². The summed E-state index contributed by atoms with van der Waals surface area (Å²) in [6.07, 6.45) is 4.66. The molecule has 2 aromatic heterocycles. The minimum atomic E-state index is 0.759. The van der Waals surface area contributed by atoms with E-state index in [1.54, 1.807) is 0 Å². The predicted octanol–water partition coefficient (Wildman–Crippen LogP) is 6.61. The fraction of sp³-hybridized carbons (Fsp3) is 0.227. The summed E-state index contributed by atoms with van der Waals surface area (Å²) in [7, 11) is 0. The van der Waals surface area contributed by atoms with E-state index in [2.05, 4.69) is 41.2 Å². The van der Waals surface area contributed by atoms with Crippen LogP contribution in [0.2, 0.25) is 5.02 Å². The van der Waals surface area contributed by atoms with Crippen molar-refractivity contribution in [3.63, 3.8) is 0 Å². The summed E-state index contributed by atoms with van der Waals surface area (Å²) in [4.78, 5) is 11.8. The first-order chi connectivity index (χ1) is 12.7. The first kappa shape index (κ1) is 16.9. The van der Waals surface area contributed by atoms with Gasteiger partial charge in [0.15, 0.2) is 5.82 Å². The number of halogens is 1. The summed E-state index contributed by atoms with van der Waals surface area (Å²) >= 11 is 6.06. The average Bonchev–Trinajstić information content (AvgIpc) is 3.26. The highest BCUT2D eigenvalue weighted by molar-refractivity contribution is 6.30. The molecule has 26 heavy (non-hydrogen) atoms. The minimum absolute atomic E-state index is 0.759. The summed E-state index contributed by atoms with van der Waals surface area (Å²) in [5, 5.41) is 0.759. The molecule has 0 fully saturated rings. The number of nitrogens with one attached hydrogen (secondary N) is 2. The molecule has 132 valence electrons. The molecule has 0 amide bonds. The Kier molecular flexibility index (Phi) is 4.81. The van der Waals surface area contributed by atoms with Crippen LogP contribution < -0.4 is 0 Å². The Balaban J connectivity index is 1.75. The van der Waals surface area contributed by atoms with Gasteiger partial charge in [0, 0.05) is 16.3 Å². The smallest absolute Gasteiger partial charge is 0.155 e. The third-order valence-electron chi connectivity index (χ3n) is 4.73. The number of aromatic nitrogens is 3. The van der Waals surface area contributed by atoms with Gasteiger partial charge in [0.2, 0.25) is 0 Å². The van der Waals surface area contributed by atoms with Crippen molar-refractivity contribution >= 4 is 22.6 Å². The Morgan fingerprint density at radius 1 is 0.962 bits per heavy atom. The van der Waals surface area contributed by atoms with Crippen molar-refractivity contribution in [1.82, 2.24) is 15.0 Å². The zero-order valence-corrected chi connectivity index (χ0v) is 15.6. The molecule has 0 bridgehead atoms. The molecule has 0 saturated carbocycles. The van der Waals surface area contributed by atoms with Crippen LogP contribution in [0.4, 0.5) is 0 Å². The molecule has 0 aliphatic heterocycles. The summed E-state index contributed by atoms with van der Waals surface area (Å²) in [6, 6.07) is 18.4. The van der Waals surface area contributed by atoms with Crippen molar-refractivity contribution < 1.29 is 0 Å². The van der Waals surface area contributed by atoms with Crippen molar-refractivity contribution in [2.45, 2.75) is 32.6 Å². The maximum Gasteiger partial charge on any atom is 0.155 e. The van der Waals surface area contributed by atoms with Crippen LogP contribution in [0.25, 0.3) is 33.7 Å². The van der Waals surface area contributed by atoms with Crippen LogP contribution >= 0.6 is 11.6 Å².